The van der Waals surface area contributed by atoms with Gasteiger partial charge in [-0.05, 0) is 12.5 Å². The van der Waals surface area contributed by atoms with Gasteiger partial charge in [0.25, 0.3) is 0 Å². The van der Waals surface area contributed by atoms with Gasteiger partial charge < -0.3 is 10.1 Å². The van der Waals surface area contributed by atoms with E-state index in [1.165, 1.54) is 13.2 Å². The maximum absolute atomic E-state index is 13.8. The van der Waals surface area contributed by atoms with Crippen LogP contribution in [0.15, 0.2) is 29.8 Å². The Hall–Kier alpha value is -1.46. The van der Waals surface area contributed by atoms with E-state index in [1.807, 2.05) is 5.38 Å². The summed E-state index contributed by atoms with van der Waals surface area (Å²) >= 11 is 1.61. The number of nitrogens with one attached hydrogen (secondary N) is 1. The highest BCUT2D eigenvalue weighted by molar-refractivity contribution is 7.09. The van der Waals surface area contributed by atoms with Gasteiger partial charge in [0.2, 0.25) is 0 Å². The van der Waals surface area contributed by atoms with Gasteiger partial charge >= 0.3 is 0 Å². The third kappa shape index (κ3) is 3.52. The molecule has 2 aromatic rings. The monoisotopic (exact) mass is 280 g/mol. The predicted octanol–water partition coefficient (Wildman–Crippen LogP) is 3.53. The number of hydrogen-bond donors (Lipinski definition) is 1. The molecule has 1 N–H and O–H groups in total. The third-order valence-electron chi connectivity index (χ3n) is 2.96. The molecule has 0 aliphatic heterocycles. The van der Waals surface area contributed by atoms with Gasteiger partial charge in [0.15, 0.2) is 0 Å². The summed E-state index contributed by atoms with van der Waals surface area (Å²) in [7, 11) is 1.53. The zero-order valence-electron chi connectivity index (χ0n) is 11.0. The van der Waals surface area contributed by atoms with Crippen molar-refractivity contribution in [3.63, 3.8) is 0 Å². The highest BCUT2D eigenvalue weighted by Gasteiger charge is 2.12. The molecule has 1 unspecified atom stereocenters. The topological polar surface area (TPSA) is 34.1 Å². The Labute approximate surface area is 116 Å². The van der Waals surface area contributed by atoms with Crippen LogP contribution in [0.1, 0.15) is 30.0 Å². The van der Waals surface area contributed by atoms with Crippen molar-refractivity contribution in [3.8, 4) is 5.75 Å². The van der Waals surface area contributed by atoms with E-state index in [9.17, 15) is 4.39 Å². The molecule has 0 amide bonds. The van der Waals surface area contributed by atoms with E-state index in [1.54, 1.807) is 29.7 Å². The van der Waals surface area contributed by atoms with Crippen LogP contribution < -0.4 is 10.1 Å². The lowest BCUT2D eigenvalue weighted by Crippen LogP contribution is -2.20. The molecular formula is C14H17FN2OS. The Morgan fingerprint density at radius 2 is 2.32 bits per heavy atom. The van der Waals surface area contributed by atoms with E-state index in [2.05, 4.69) is 17.2 Å². The third-order valence-corrected chi connectivity index (χ3v) is 3.85. The summed E-state index contributed by atoms with van der Waals surface area (Å²) in [6.07, 6.45) is 2.71. The summed E-state index contributed by atoms with van der Waals surface area (Å²) in [6, 6.07) is 5.09. The second-order valence-electron chi connectivity index (χ2n) is 4.17. The summed E-state index contributed by atoms with van der Waals surface area (Å²) in [5.41, 5.74) is 0.635. The van der Waals surface area contributed by atoms with Crippen LogP contribution in [0.3, 0.4) is 0 Å². The van der Waals surface area contributed by atoms with Gasteiger partial charge in [-0.25, -0.2) is 9.37 Å². The minimum Gasteiger partial charge on any atom is -0.497 e. The number of halogens is 1. The minimum atomic E-state index is -0.249. The Morgan fingerprint density at radius 3 is 2.89 bits per heavy atom. The minimum absolute atomic E-state index is 0.168. The van der Waals surface area contributed by atoms with Crippen LogP contribution >= 0.6 is 11.3 Å². The molecule has 0 aliphatic carbocycles. The second-order valence-corrected chi connectivity index (χ2v) is 5.10. The SMILES string of the molecule is CCC(NCc1ccc(OC)cc1F)c1nccs1. The molecule has 0 bridgehead atoms. The number of methoxy groups -OCH3 is 1. The van der Waals surface area contributed by atoms with Gasteiger partial charge in [0.1, 0.15) is 16.6 Å². The van der Waals surface area contributed by atoms with Crippen LogP contribution in [0.4, 0.5) is 4.39 Å². The Balaban J connectivity index is 2.01. The zero-order valence-corrected chi connectivity index (χ0v) is 11.8. The molecule has 1 atom stereocenters. The fraction of sp³-hybridized carbons (Fsp3) is 0.357. The van der Waals surface area contributed by atoms with Crippen molar-refractivity contribution in [3.05, 3.63) is 46.2 Å². The zero-order chi connectivity index (χ0) is 13.7. The van der Waals surface area contributed by atoms with Gasteiger partial charge in [-0.1, -0.05) is 13.0 Å². The highest BCUT2D eigenvalue weighted by Crippen LogP contribution is 2.21. The molecular weight excluding hydrogens is 263 g/mol. The van der Waals surface area contributed by atoms with Crippen LogP contribution in [-0.4, -0.2) is 12.1 Å². The molecule has 0 fully saturated rings. The number of nitrogens with zero attached hydrogens (tertiary/aromatic N) is 1. The molecule has 0 aliphatic rings. The van der Waals surface area contributed by atoms with Gasteiger partial charge in [0.05, 0.1) is 13.2 Å². The molecule has 102 valence electrons. The number of hydrogen-bond acceptors (Lipinski definition) is 4. The van der Waals surface area contributed by atoms with Crippen molar-refractivity contribution in [1.29, 1.82) is 0 Å². The maximum atomic E-state index is 13.8. The van der Waals surface area contributed by atoms with Gasteiger partial charge in [-0.15, -0.1) is 11.3 Å². The summed E-state index contributed by atoms with van der Waals surface area (Å²) in [6.45, 7) is 2.57. The molecule has 0 radical (unpaired) electrons. The lowest BCUT2D eigenvalue weighted by atomic mass is 10.1. The van der Waals surface area contributed by atoms with Crippen molar-refractivity contribution in [2.75, 3.05) is 7.11 Å². The van der Waals surface area contributed by atoms with Crippen molar-refractivity contribution >= 4 is 11.3 Å². The van der Waals surface area contributed by atoms with Gasteiger partial charge in [0, 0.05) is 29.8 Å². The van der Waals surface area contributed by atoms with Gasteiger partial charge in [-0.2, -0.15) is 0 Å². The van der Waals surface area contributed by atoms with E-state index in [0.717, 1.165) is 11.4 Å². The van der Waals surface area contributed by atoms with Crippen LogP contribution in [0.5, 0.6) is 5.75 Å². The van der Waals surface area contributed by atoms with E-state index in [4.69, 9.17) is 4.74 Å². The van der Waals surface area contributed by atoms with Crippen LogP contribution in [-0.2, 0) is 6.54 Å². The van der Waals surface area contributed by atoms with Crippen LogP contribution in [0.25, 0.3) is 0 Å². The van der Waals surface area contributed by atoms with Gasteiger partial charge in [-0.3, -0.25) is 0 Å². The first kappa shape index (κ1) is 14.0. The number of ether oxygens (including phenoxy) is 1. The predicted molar refractivity (Wildman–Crippen MR) is 74.9 cm³/mol. The lowest BCUT2D eigenvalue weighted by Gasteiger charge is -2.15. The van der Waals surface area contributed by atoms with E-state index in [0.29, 0.717) is 17.9 Å². The molecule has 0 spiro atoms. The van der Waals surface area contributed by atoms with E-state index in [-0.39, 0.29) is 11.9 Å². The number of aromatic nitrogens is 1. The molecule has 1 aromatic heterocycles. The average Bonchev–Trinajstić information content (AvgIpc) is 2.95. The molecule has 1 aromatic carbocycles. The molecule has 2 rings (SSSR count). The molecule has 0 saturated heterocycles. The fourth-order valence-electron chi connectivity index (χ4n) is 1.84. The van der Waals surface area contributed by atoms with Crippen molar-refractivity contribution in [2.45, 2.75) is 25.9 Å². The Bertz CT molecular complexity index is 516. The maximum Gasteiger partial charge on any atom is 0.131 e. The largest absolute Gasteiger partial charge is 0.497 e. The second kappa shape index (κ2) is 6.63. The standard InChI is InChI=1S/C14H17FN2OS/c1-3-13(14-16-6-7-19-14)17-9-10-4-5-11(18-2)8-12(10)15/h4-8,13,17H,3,9H2,1-2H3. The summed E-state index contributed by atoms with van der Waals surface area (Å²) in [5.74, 6) is 0.286. The summed E-state index contributed by atoms with van der Waals surface area (Å²) in [5, 5.41) is 6.32. The van der Waals surface area contributed by atoms with E-state index >= 15 is 0 Å². The highest BCUT2D eigenvalue weighted by atomic mass is 32.1. The molecule has 19 heavy (non-hydrogen) atoms. The van der Waals surface area contributed by atoms with Crippen LogP contribution in [0.2, 0.25) is 0 Å². The number of rotatable bonds is 6. The van der Waals surface area contributed by atoms with Crippen LogP contribution in [0, 0.1) is 5.82 Å². The first-order chi connectivity index (χ1) is 9.24. The average molecular weight is 280 g/mol. The number of thiazole rings is 1. The Kier molecular flexibility index (Phi) is 4.87. The molecule has 3 nitrogen and oxygen atoms in total. The molecule has 1 heterocycles. The van der Waals surface area contributed by atoms with Crippen molar-refractivity contribution in [2.24, 2.45) is 0 Å². The normalized spacial score (nSPS) is 12.4. The first-order valence-corrected chi connectivity index (χ1v) is 7.07. The summed E-state index contributed by atoms with van der Waals surface area (Å²) < 4.78 is 18.8. The summed E-state index contributed by atoms with van der Waals surface area (Å²) in [4.78, 5) is 4.29. The fourth-order valence-corrected chi connectivity index (χ4v) is 2.64. The smallest absolute Gasteiger partial charge is 0.131 e. The lowest BCUT2D eigenvalue weighted by molar-refractivity contribution is 0.410. The van der Waals surface area contributed by atoms with E-state index < -0.39 is 0 Å². The molecule has 5 heteroatoms. The number of benzene rings is 1. The molecule has 0 saturated carbocycles. The quantitative estimate of drug-likeness (QED) is 0.879. The van der Waals surface area contributed by atoms with Crippen molar-refractivity contribution in [1.82, 2.24) is 10.3 Å². The first-order valence-electron chi connectivity index (χ1n) is 6.19. The Morgan fingerprint density at radius 1 is 1.47 bits per heavy atom. The van der Waals surface area contributed by atoms with Crippen molar-refractivity contribution < 1.29 is 9.13 Å².